The molecule has 1 aliphatic heterocycles. The number of hydrogen-bond donors (Lipinski definition) is 3. The molecule has 29 heavy (non-hydrogen) atoms. The lowest BCUT2D eigenvalue weighted by Crippen LogP contribution is -2.22. The molecule has 0 bridgehead atoms. The highest BCUT2D eigenvalue weighted by Crippen LogP contribution is 2.37. The maximum absolute atomic E-state index is 12.8. The number of aryl methyl sites for hydroxylation is 2. The van der Waals surface area contributed by atoms with Gasteiger partial charge >= 0.3 is 0 Å². The number of amides is 2. The number of aromatic amines is 1. The molecule has 0 saturated carbocycles. The topological polar surface area (TPSA) is 112 Å². The number of hydrogen-bond acceptors (Lipinski definition) is 5. The summed E-state index contributed by atoms with van der Waals surface area (Å²) in [5.74, 6) is -0.939. The molecule has 3 aromatic heterocycles. The minimum atomic E-state index is -0.485. The van der Waals surface area contributed by atoms with Gasteiger partial charge in [0.1, 0.15) is 0 Å². The van der Waals surface area contributed by atoms with Crippen LogP contribution in [0.25, 0.3) is 27.7 Å². The van der Waals surface area contributed by atoms with E-state index in [4.69, 9.17) is 0 Å². The smallest absolute Gasteiger partial charge is 0.259 e. The monoisotopic (exact) mass is 387 g/mol. The second kappa shape index (κ2) is 6.11. The number of para-hydroxylation sites is 1. The van der Waals surface area contributed by atoms with E-state index in [2.05, 4.69) is 20.4 Å². The molecule has 0 fully saturated rings. The number of aliphatic hydroxyl groups excluding tert-OH is 1. The first-order valence-electron chi connectivity index (χ1n) is 9.12. The molecule has 8 heteroatoms. The molecule has 144 valence electrons. The average Bonchev–Trinajstić information content (AvgIpc) is 3.34. The average molecular weight is 387 g/mol. The molecule has 0 unspecified atom stereocenters. The van der Waals surface area contributed by atoms with E-state index >= 15 is 0 Å². The molecule has 0 atom stereocenters. The Bertz CT molecular complexity index is 1380. The Balaban J connectivity index is 1.86. The highest BCUT2D eigenvalue weighted by atomic mass is 16.3. The van der Waals surface area contributed by atoms with Crippen molar-refractivity contribution in [2.75, 3.05) is 0 Å². The Morgan fingerprint density at radius 3 is 2.69 bits per heavy atom. The summed E-state index contributed by atoms with van der Waals surface area (Å²) in [5, 5.41) is 17.2. The zero-order chi connectivity index (χ0) is 20.3. The van der Waals surface area contributed by atoms with E-state index in [1.54, 1.807) is 29.9 Å². The first kappa shape index (κ1) is 17.3. The molecule has 0 aliphatic carbocycles. The number of H-pyrrole nitrogens is 1. The maximum atomic E-state index is 12.8. The van der Waals surface area contributed by atoms with E-state index in [-0.39, 0.29) is 12.2 Å². The molecule has 0 saturated heterocycles. The third-order valence-electron chi connectivity index (χ3n) is 5.25. The van der Waals surface area contributed by atoms with Gasteiger partial charge in [0.05, 0.1) is 34.7 Å². The number of carbonyl (C=O) groups is 2. The number of imide groups is 1. The number of aliphatic hydroxyl groups is 1. The van der Waals surface area contributed by atoms with Gasteiger partial charge in [0, 0.05) is 28.9 Å². The lowest BCUT2D eigenvalue weighted by molar-refractivity contribution is -0.122. The van der Waals surface area contributed by atoms with Crippen molar-refractivity contribution in [3.8, 4) is 0 Å². The van der Waals surface area contributed by atoms with Crippen molar-refractivity contribution >= 4 is 39.5 Å². The fourth-order valence-corrected chi connectivity index (χ4v) is 3.92. The van der Waals surface area contributed by atoms with Crippen molar-refractivity contribution in [2.24, 2.45) is 0 Å². The van der Waals surface area contributed by atoms with Gasteiger partial charge in [-0.3, -0.25) is 14.9 Å². The quantitative estimate of drug-likeness (QED) is 0.465. The molecule has 4 heterocycles. The van der Waals surface area contributed by atoms with Gasteiger partial charge in [0.15, 0.2) is 5.65 Å². The molecule has 2 amide bonds. The van der Waals surface area contributed by atoms with Gasteiger partial charge in [0.25, 0.3) is 11.8 Å². The second-order valence-electron chi connectivity index (χ2n) is 7.04. The fourth-order valence-electron chi connectivity index (χ4n) is 3.92. The van der Waals surface area contributed by atoms with Crippen molar-refractivity contribution in [3.05, 3.63) is 64.7 Å². The summed E-state index contributed by atoms with van der Waals surface area (Å²) in [6.45, 7) is 3.51. The van der Waals surface area contributed by atoms with Crippen molar-refractivity contribution in [1.82, 2.24) is 24.9 Å². The maximum Gasteiger partial charge on any atom is 0.259 e. The number of aromatic nitrogens is 4. The van der Waals surface area contributed by atoms with Gasteiger partial charge < -0.3 is 10.1 Å². The van der Waals surface area contributed by atoms with Crippen LogP contribution in [0.2, 0.25) is 0 Å². The standard InChI is InChI=1S/C21H17N5O3/c1-10-4-3-5-13-14(8-22-18(10)13)16-17(21(29)24-20(16)28)15-11(2)25-26-7-6-12(9-27)23-19(15)26/h3-8,22,27H,9H2,1-2H3,(H,24,28,29). The Morgan fingerprint density at radius 2 is 1.90 bits per heavy atom. The zero-order valence-corrected chi connectivity index (χ0v) is 15.8. The summed E-state index contributed by atoms with van der Waals surface area (Å²) in [5.41, 5.74) is 5.07. The number of nitrogens with one attached hydrogen (secondary N) is 2. The lowest BCUT2D eigenvalue weighted by Gasteiger charge is -2.04. The second-order valence-corrected chi connectivity index (χ2v) is 7.04. The van der Waals surface area contributed by atoms with Crippen molar-refractivity contribution < 1.29 is 14.7 Å². The Morgan fingerprint density at radius 1 is 1.10 bits per heavy atom. The lowest BCUT2D eigenvalue weighted by atomic mass is 9.95. The third-order valence-corrected chi connectivity index (χ3v) is 5.25. The molecule has 0 spiro atoms. The summed E-state index contributed by atoms with van der Waals surface area (Å²) >= 11 is 0. The summed E-state index contributed by atoms with van der Waals surface area (Å²) < 4.78 is 1.55. The minimum Gasteiger partial charge on any atom is -0.390 e. The Hall–Kier alpha value is -3.78. The first-order chi connectivity index (χ1) is 14.0. The van der Waals surface area contributed by atoms with Crippen molar-refractivity contribution in [2.45, 2.75) is 20.5 Å². The van der Waals surface area contributed by atoms with Gasteiger partial charge in [-0.25, -0.2) is 9.50 Å². The van der Waals surface area contributed by atoms with Gasteiger partial charge in [-0.2, -0.15) is 5.10 Å². The highest BCUT2D eigenvalue weighted by molar-refractivity contribution is 6.50. The molecule has 0 radical (unpaired) electrons. The minimum absolute atomic E-state index is 0.237. The molecule has 5 rings (SSSR count). The molecule has 1 aromatic carbocycles. The van der Waals surface area contributed by atoms with E-state index in [0.717, 1.165) is 16.5 Å². The van der Waals surface area contributed by atoms with E-state index in [1.165, 1.54) is 0 Å². The van der Waals surface area contributed by atoms with Crippen LogP contribution >= 0.6 is 0 Å². The van der Waals surface area contributed by atoms with Crippen LogP contribution in [0.1, 0.15) is 28.1 Å². The van der Waals surface area contributed by atoms with Crippen LogP contribution in [0.15, 0.2) is 36.7 Å². The zero-order valence-electron chi connectivity index (χ0n) is 15.8. The van der Waals surface area contributed by atoms with Crippen LogP contribution in [0.3, 0.4) is 0 Å². The van der Waals surface area contributed by atoms with E-state index in [1.807, 2.05) is 25.1 Å². The number of benzene rings is 1. The van der Waals surface area contributed by atoms with Crippen LogP contribution in [0.5, 0.6) is 0 Å². The normalized spacial score (nSPS) is 14.4. The van der Waals surface area contributed by atoms with E-state index in [9.17, 15) is 14.7 Å². The van der Waals surface area contributed by atoms with Crippen molar-refractivity contribution in [3.63, 3.8) is 0 Å². The fraction of sp³-hybridized carbons (Fsp3) is 0.143. The number of carbonyl (C=O) groups excluding carboxylic acids is 2. The molecule has 1 aliphatic rings. The molecule has 8 nitrogen and oxygen atoms in total. The van der Waals surface area contributed by atoms with Crippen LogP contribution < -0.4 is 5.32 Å². The predicted octanol–water partition coefficient (Wildman–Crippen LogP) is 1.89. The first-order valence-corrected chi connectivity index (χ1v) is 9.12. The Labute approximate surface area is 164 Å². The SMILES string of the molecule is Cc1nn2ccc(CO)nc2c1C1=C(c2c[nH]c3c(C)cccc23)C(=O)NC1=O. The molecule has 3 N–H and O–H groups in total. The summed E-state index contributed by atoms with van der Waals surface area (Å²) in [7, 11) is 0. The van der Waals surface area contributed by atoms with Crippen molar-refractivity contribution in [1.29, 1.82) is 0 Å². The van der Waals surface area contributed by atoms with Gasteiger partial charge in [-0.05, 0) is 25.5 Å². The largest absolute Gasteiger partial charge is 0.390 e. The summed E-state index contributed by atoms with van der Waals surface area (Å²) in [6.07, 6.45) is 3.42. The van der Waals surface area contributed by atoms with Crippen LogP contribution in [0, 0.1) is 13.8 Å². The summed E-state index contributed by atoms with van der Waals surface area (Å²) in [4.78, 5) is 33.3. The van der Waals surface area contributed by atoms with Gasteiger partial charge in [0.2, 0.25) is 0 Å². The third kappa shape index (κ3) is 2.43. The highest BCUT2D eigenvalue weighted by Gasteiger charge is 2.36. The molecular weight excluding hydrogens is 370 g/mol. The van der Waals surface area contributed by atoms with Gasteiger partial charge in [-0.1, -0.05) is 18.2 Å². The van der Waals surface area contributed by atoms with Crippen LogP contribution in [-0.4, -0.2) is 36.5 Å². The van der Waals surface area contributed by atoms with Gasteiger partial charge in [-0.15, -0.1) is 0 Å². The molecule has 4 aromatic rings. The van der Waals surface area contributed by atoms with E-state index < -0.39 is 11.8 Å². The van der Waals surface area contributed by atoms with Crippen LogP contribution in [0.4, 0.5) is 0 Å². The van der Waals surface area contributed by atoms with Crippen LogP contribution in [-0.2, 0) is 16.2 Å². The number of rotatable bonds is 3. The number of fused-ring (bicyclic) bond motifs is 2. The summed E-state index contributed by atoms with van der Waals surface area (Å²) in [6, 6.07) is 7.47. The number of nitrogens with zero attached hydrogens (tertiary/aromatic N) is 3. The van der Waals surface area contributed by atoms with E-state index in [0.29, 0.717) is 33.7 Å². The molecular formula is C21H17N5O3. The predicted molar refractivity (Wildman–Crippen MR) is 107 cm³/mol. The Kier molecular flexibility index (Phi) is 3.65.